The van der Waals surface area contributed by atoms with Crippen molar-refractivity contribution in [1.29, 1.82) is 0 Å². The summed E-state index contributed by atoms with van der Waals surface area (Å²) in [6.45, 7) is 5.25. The van der Waals surface area contributed by atoms with Crippen LogP contribution in [0.15, 0.2) is 0 Å². The average molecular weight is 212 g/mol. The molecule has 3 heteroatoms. The van der Waals surface area contributed by atoms with Gasteiger partial charge in [-0.2, -0.15) is 0 Å². The zero-order valence-electron chi connectivity index (χ0n) is 10.0. The second kappa shape index (κ2) is 6.83. The van der Waals surface area contributed by atoms with Crippen LogP contribution in [0.25, 0.3) is 0 Å². The third-order valence-electron chi connectivity index (χ3n) is 3.00. The Morgan fingerprint density at radius 1 is 1.40 bits per heavy atom. The predicted molar refractivity (Wildman–Crippen MR) is 62.8 cm³/mol. The zero-order chi connectivity index (χ0) is 11.1. The predicted octanol–water partition coefficient (Wildman–Crippen LogP) is 1.82. The molecule has 1 saturated heterocycles. The molecule has 1 heterocycles. The van der Waals surface area contributed by atoms with Crippen molar-refractivity contribution >= 4 is 5.91 Å². The van der Waals surface area contributed by atoms with Gasteiger partial charge < -0.3 is 10.6 Å². The normalized spacial score (nSPS) is 21.8. The van der Waals surface area contributed by atoms with Crippen molar-refractivity contribution in [1.82, 2.24) is 10.6 Å². The molecule has 1 unspecified atom stereocenters. The number of hydrogen-bond donors (Lipinski definition) is 2. The molecule has 1 rings (SSSR count). The molecular formula is C12H24N2O. The summed E-state index contributed by atoms with van der Waals surface area (Å²) in [6.07, 6.45) is 6.83. The monoisotopic (exact) mass is 212 g/mol. The van der Waals surface area contributed by atoms with E-state index in [4.69, 9.17) is 0 Å². The minimum Gasteiger partial charge on any atom is -0.355 e. The van der Waals surface area contributed by atoms with E-state index < -0.39 is 0 Å². The number of rotatable bonds is 6. The summed E-state index contributed by atoms with van der Waals surface area (Å²) in [4.78, 5) is 11.6. The molecule has 0 aromatic carbocycles. The quantitative estimate of drug-likeness (QED) is 0.705. The maximum absolute atomic E-state index is 11.6. The van der Waals surface area contributed by atoms with Crippen molar-refractivity contribution in [2.75, 3.05) is 6.54 Å². The lowest BCUT2D eigenvalue weighted by Gasteiger charge is -2.27. The summed E-state index contributed by atoms with van der Waals surface area (Å²) in [6, 6.07) is 0.579. The van der Waals surface area contributed by atoms with Crippen LogP contribution in [0.5, 0.6) is 0 Å². The van der Waals surface area contributed by atoms with Gasteiger partial charge in [0, 0.05) is 12.6 Å². The van der Waals surface area contributed by atoms with Crippen molar-refractivity contribution in [3.63, 3.8) is 0 Å². The SMILES string of the molecule is CCCC(CCC)NC1CCCNC1=O. The Bertz CT molecular complexity index is 188. The molecule has 1 aliphatic heterocycles. The molecular weight excluding hydrogens is 188 g/mol. The first-order valence-corrected chi connectivity index (χ1v) is 6.31. The van der Waals surface area contributed by atoms with E-state index in [1.165, 1.54) is 25.7 Å². The summed E-state index contributed by atoms with van der Waals surface area (Å²) < 4.78 is 0. The van der Waals surface area contributed by atoms with Crippen molar-refractivity contribution in [3.8, 4) is 0 Å². The standard InChI is InChI=1S/C12H24N2O/c1-3-6-10(7-4-2)14-11-8-5-9-13-12(11)15/h10-11,14H,3-9H2,1-2H3,(H,13,15). The van der Waals surface area contributed by atoms with Crippen molar-refractivity contribution < 1.29 is 4.79 Å². The average Bonchev–Trinajstić information content (AvgIpc) is 2.22. The molecule has 0 radical (unpaired) electrons. The summed E-state index contributed by atoms with van der Waals surface area (Å²) in [5.41, 5.74) is 0. The van der Waals surface area contributed by atoms with Gasteiger partial charge in [-0.25, -0.2) is 0 Å². The van der Waals surface area contributed by atoms with E-state index in [9.17, 15) is 4.79 Å². The van der Waals surface area contributed by atoms with Gasteiger partial charge in [-0.05, 0) is 25.7 Å². The second-order valence-corrected chi connectivity index (χ2v) is 4.43. The lowest BCUT2D eigenvalue weighted by Crippen LogP contribution is -2.51. The fourth-order valence-corrected chi connectivity index (χ4v) is 2.22. The number of carbonyl (C=O) groups is 1. The van der Waals surface area contributed by atoms with Gasteiger partial charge in [0.1, 0.15) is 0 Å². The zero-order valence-corrected chi connectivity index (χ0v) is 10.0. The van der Waals surface area contributed by atoms with Crippen LogP contribution < -0.4 is 10.6 Å². The third-order valence-corrected chi connectivity index (χ3v) is 3.00. The van der Waals surface area contributed by atoms with Crippen LogP contribution in [0, 0.1) is 0 Å². The lowest BCUT2D eigenvalue weighted by atomic mass is 10.0. The van der Waals surface area contributed by atoms with Crippen LogP contribution in [0.1, 0.15) is 52.4 Å². The molecule has 15 heavy (non-hydrogen) atoms. The van der Waals surface area contributed by atoms with E-state index in [-0.39, 0.29) is 11.9 Å². The molecule has 1 atom stereocenters. The van der Waals surface area contributed by atoms with Crippen LogP contribution in [0.3, 0.4) is 0 Å². The number of carbonyl (C=O) groups excluding carboxylic acids is 1. The van der Waals surface area contributed by atoms with Gasteiger partial charge in [-0.15, -0.1) is 0 Å². The van der Waals surface area contributed by atoms with Gasteiger partial charge in [-0.3, -0.25) is 4.79 Å². The Morgan fingerprint density at radius 3 is 2.60 bits per heavy atom. The van der Waals surface area contributed by atoms with E-state index in [0.29, 0.717) is 6.04 Å². The first-order chi connectivity index (χ1) is 7.27. The molecule has 0 aromatic rings. The summed E-state index contributed by atoms with van der Waals surface area (Å²) in [5.74, 6) is 0.193. The fourth-order valence-electron chi connectivity index (χ4n) is 2.22. The number of nitrogens with one attached hydrogen (secondary N) is 2. The molecule has 2 N–H and O–H groups in total. The van der Waals surface area contributed by atoms with Crippen LogP contribution in [0.4, 0.5) is 0 Å². The highest BCUT2D eigenvalue weighted by Crippen LogP contribution is 2.10. The molecule has 0 saturated carbocycles. The Morgan fingerprint density at radius 2 is 2.07 bits per heavy atom. The summed E-state index contributed by atoms with van der Waals surface area (Å²) in [7, 11) is 0. The van der Waals surface area contributed by atoms with Gasteiger partial charge >= 0.3 is 0 Å². The molecule has 1 amide bonds. The van der Waals surface area contributed by atoms with Crippen LogP contribution in [-0.4, -0.2) is 24.5 Å². The molecule has 0 aromatic heterocycles. The Labute approximate surface area is 93.0 Å². The molecule has 0 aliphatic carbocycles. The molecule has 1 fully saturated rings. The van der Waals surface area contributed by atoms with Gasteiger partial charge in [0.15, 0.2) is 0 Å². The minimum absolute atomic E-state index is 0.0573. The maximum atomic E-state index is 11.6. The largest absolute Gasteiger partial charge is 0.355 e. The highest BCUT2D eigenvalue weighted by atomic mass is 16.2. The first-order valence-electron chi connectivity index (χ1n) is 6.31. The Balaban J connectivity index is 2.37. The first kappa shape index (κ1) is 12.5. The van der Waals surface area contributed by atoms with Crippen molar-refractivity contribution in [3.05, 3.63) is 0 Å². The third kappa shape index (κ3) is 4.20. The topological polar surface area (TPSA) is 41.1 Å². The molecule has 1 aliphatic rings. The number of hydrogen-bond acceptors (Lipinski definition) is 2. The van der Waals surface area contributed by atoms with E-state index in [0.717, 1.165) is 19.4 Å². The van der Waals surface area contributed by atoms with E-state index in [2.05, 4.69) is 24.5 Å². The number of amides is 1. The molecule has 88 valence electrons. The van der Waals surface area contributed by atoms with Gasteiger partial charge in [0.25, 0.3) is 0 Å². The summed E-state index contributed by atoms with van der Waals surface area (Å²) >= 11 is 0. The van der Waals surface area contributed by atoms with Crippen LogP contribution in [0.2, 0.25) is 0 Å². The highest BCUT2D eigenvalue weighted by molar-refractivity contribution is 5.82. The second-order valence-electron chi connectivity index (χ2n) is 4.43. The van der Waals surface area contributed by atoms with E-state index >= 15 is 0 Å². The number of piperidine rings is 1. The lowest BCUT2D eigenvalue weighted by molar-refractivity contribution is -0.124. The summed E-state index contributed by atoms with van der Waals surface area (Å²) in [5, 5.41) is 6.42. The van der Waals surface area contributed by atoms with Crippen molar-refractivity contribution in [2.24, 2.45) is 0 Å². The van der Waals surface area contributed by atoms with E-state index in [1.54, 1.807) is 0 Å². The Hall–Kier alpha value is -0.570. The van der Waals surface area contributed by atoms with Crippen LogP contribution >= 0.6 is 0 Å². The Kier molecular flexibility index (Phi) is 5.69. The molecule has 0 spiro atoms. The van der Waals surface area contributed by atoms with Gasteiger partial charge in [0.05, 0.1) is 6.04 Å². The van der Waals surface area contributed by atoms with Gasteiger partial charge in [0.2, 0.25) is 5.91 Å². The van der Waals surface area contributed by atoms with Crippen molar-refractivity contribution in [2.45, 2.75) is 64.5 Å². The highest BCUT2D eigenvalue weighted by Gasteiger charge is 2.23. The van der Waals surface area contributed by atoms with E-state index in [1.807, 2.05) is 0 Å². The molecule has 0 bridgehead atoms. The molecule has 3 nitrogen and oxygen atoms in total. The van der Waals surface area contributed by atoms with Crippen LogP contribution in [-0.2, 0) is 4.79 Å². The maximum Gasteiger partial charge on any atom is 0.237 e. The smallest absolute Gasteiger partial charge is 0.237 e. The fraction of sp³-hybridized carbons (Fsp3) is 0.917. The minimum atomic E-state index is 0.0573. The van der Waals surface area contributed by atoms with Gasteiger partial charge in [-0.1, -0.05) is 26.7 Å².